The number of hydrogen-bond donors (Lipinski definition) is 1. The van der Waals surface area contributed by atoms with Crippen molar-refractivity contribution in [3.05, 3.63) is 10.1 Å². The Morgan fingerprint density at radius 1 is 1.64 bits per heavy atom. The van der Waals surface area contributed by atoms with Crippen molar-refractivity contribution >= 4 is 0 Å². The number of hydrogen-bond acceptors (Lipinski definition) is 3. The normalized spacial score (nSPS) is 38.5. The van der Waals surface area contributed by atoms with Gasteiger partial charge in [0, 0.05) is 11.3 Å². The molecule has 0 aromatic rings. The zero-order valence-corrected chi connectivity index (χ0v) is 6.62. The van der Waals surface area contributed by atoms with Crippen LogP contribution >= 0.6 is 0 Å². The Morgan fingerprint density at radius 2 is 2.27 bits per heavy atom. The molecule has 0 radical (unpaired) electrons. The highest BCUT2D eigenvalue weighted by Crippen LogP contribution is 2.29. The Balaban J connectivity index is 2.67. The van der Waals surface area contributed by atoms with Crippen molar-refractivity contribution in [1.82, 2.24) is 0 Å². The van der Waals surface area contributed by atoms with Gasteiger partial charge in [-0.25, -0.2) is 0 Å². The summed E-state index contributed by atoms with van der Waals surface area (Å²) >= 11 is 0. The first kappa shape index (κ1) is 8.46. The van der Waals surface area contributed by atoms with Gasteiger partial charge in [-0.15, -0.1) is 0 Å². The highest BCUT2D eigenvalue weighted by molar-refractivity contribution is 4.85. The van der Waals surface area contributed by atoms with Crippen molar-refractivity contribution in [2.45, 2.75) is 44.2 Å². The first-order valence-corrected chi connectivity index (χ1v) is 3.90. The first-order valence-electron chi connectivity index (χ1n) is 3.90. The molecule has 4 nitrogen and oxygen atoms in total. The second-order valence-electron chi connectivity index (χ2n) is 3.40. The minimum absolute atomic E-state index is 0.362. The molecule has 0 aromatic heterocycles. The minimum atomic E-state index is -1.08. The maximum atomic E-state index is 10.4. The van der Waals surface area contributed by atoms with Gasteiger partial charge in [0.2, 0.25) is 6.04 Å². The lowest BCUT2D eigenvalue weighted by Crippen LogP contribution is -2.46. The molecule has 64 valence electrons. The third kappa shape index (κ3) is 1.68. The lowest BCUT2D eigenvalue weighted by Gasteiger charge is -2.30. The molecular formula is C7H13NO3. The number of rotatable bonds is 1. The van der Waals surface area contributed by atoms with Crippen LogP contribution in [0.5, 0.6) is 0 Å². The van der Waals surface area contributed by atoms with Gasteiger partial charge in [0.1, 0.15) is 5.60 Å². The van der Waals surface area contributed by atoms with Crippen LogP contribution in [0.1, 0.15) is 32.6 Å². The van der Waals surface area contributed by atoms with Gasteiger partial charge in [-0.1, -0.05) is 6.42 Å². The van der Waals surface area contributed by atoms with E-state index in [1.807, 2.05) is 0 Å². The minimum Gasteiger partial charge on any atom is -0.383 e. The van der Waals surface area contributed by atoms with Crippen LogP contribution < -0.4 is 0 Å². The van der Waals surface area contributed by atoms with Crippen molar-refractivity contribution in [3.63, 3.8) is 0 Å². The van der Waals surface area contributed by atoms with Gasteiger partial charge in [0.15, 0.2) is 0 Å². The lowest BCUT2D eigenvalue weighted by atomic mass is 9.82. The molecule has 0 amide bonds. The third-order valence-corrected chi connectivity index (χ3v) is 2.38. The third-order valence-electron chi connectivity index (χ3n) is 2.38. The van der Waals surface area contributed by atoms with Crippen molar-refractivity contribution in [3.8, 4) is 0 Å². The SMILES string of the molecule is C[C@@]1(O)CCCC[C@@H]1[N+](=O)[O-]. The van der Waals surface area contributed by atoms with E-state index >= 15 is 0 Å². The zero-order chi connectivity index (χ0) is 8.48. The molecular weight excluding hydrogens is 146 g/mol. The van der Waals surface area contributed by atoms with E-state index in [2.05, 4.69) is 0 Å². The van der Waals surface area contributed by atoms with Gasteiger partial charge >= 0.3 is 0 Å². The Bertz CT molecular complexity index is 167. The zero-order valence-electron chi connectivity index (χ0n) is 6.62. The van der Waals surface area contributed by atoms with Crippen LogP contribution in [0, 0.1) is 10.1 Å². The van der Waals surface area contributed by atoms with Gasteiger partial charge in [-0.05, 0) is 19.8 Å². The summed E-state index contributed by atoms with van der Waals surface area (Å²) in [6.07, 6.45) is 2.83. The van der Waals surface area contributed by atoms with E-state index < -0.39 is 11.6 Å². The Kier molecular flexibility index (Phi) is 2.13. The fourth-order valence-electron chi connectivity index (χ4n) is 1.63. The average molecular weight is 159 g/mol. The predicted octanol–water partition coefficient (Wildman–Crippen LogP) is 0.957. The summed E-state index contributed by atoms with van der Waals surface area (Å²) in [5.74, 6) is 0. The highest BCUT2D eigenvalue weighted by atomic mass is 16.6. The summed E-state index contributed by atoms with van der Waals surface area (Å²) in [5, 5.41) is 20.0. The number of aliphatic hydroxyl groups is 1. The fourth-order valence-corrected chi connectivity index (χ4v) is 1.63. The molecule has 1 rings (SSSR count). The van der Waals surface area contributed by atoms with Crippen LogP contribution in [-0.4, -0.2) is 21.7 Å². The highest BCUT2D eigenvalue weighted by Gasteiger charge is 2.42. The van der Waals surface area contributed by atoms with E-state index in [0.717, 1.165) is 12.8 Å². The van der Waals surface area contributed by atoms with Crippen molar-refractivity contribution in [1.29, 1.82) is 0 Å². The first-order chi connectivity index (χ1) is 5.04. The van der Waals surface area contributed by atoms with E-state index in [9.17, 15) is 15.2 Å². The van der Waals surface area contributed by atoms with E-state index in [1.165, 1.54) is 0 Å². The molecule has 0 unspecified atom stereocenters. The average Bonchev–Trinajstić information content (AvgIpc) is 1.85. The molecule has 0 aliphatic heterocycles. The summed E-state index contributed by atoms with van der Waals surface area (Å²) in [4.78, 5) is 10.1. The van der Waals surface area contributed by atoms with Gasteiger partial charge < -0.3 is 5.11 Å². The van der Waals surface area contributed by atoms with E-state index in [-0.39, 0.29) is 4.92 Å². The van der Waals surface area contributed by atoms with Gasteiger partial charge in [-0.3, -0.25) is 10.1 Å². The molecule has 1 saturated carbocycles. The summed E-state index contributed by atoms with van der Waals surface area (Å²) < 4.78 is 0. The lowest BCUT2D eigenvalue weighted by molar-refractivity contribution is -0.548. The van der Waals surface area contributed by atoms with Crippen LogP contribution in [0.3, 0.4) is 0 Å². The smallest absolute Gasteiger partial charge is 0.241 e. The largest absolute Gasteiger partial charge is 0.383 e. The molecule has 2 atom stereocenters. The molecule has 0 aromatic carbocycles. The molecule has 0 saturated heterocycles. The maximum Gasteiger partial charge on any atom is 0.241 e. The Hall–Kier alpha value is -0.640. The molecule has 1 aliphatic carbocycles. The molecule has 11 heavy (non-hydrogen) atoms. The van der Waals surface area contributed by atoms with Crippen LogP contribution in [0.25, 0.3) is 0 Å². The quantitative estimate of drug-likeness (QED) is 0.457. The van der Waals surface area contributed by atoms with Crippen molar-refractivity contribution in [2.75, 3.05) is 0 Å². The van der Waals surface area contributed by atoms with Crippen molar-refractivity contribution in [2.24, 2.45) is 0 Å². The molecule has 0 bridgehead atoms. The Morgan fingerprint density at radius 3 is 2.64 bits per heavy atom. The van der Waals surface area contributed by atoms with Crippen LogP contribution in [-0.2, 0) is 0 Å². The maximum absolute atomic E-state index is 10.4. The second kappa shape index (κ2) is 2.77. The Labute approximate surface area is 65.4 Å². The van der Waals surface area contributed by atoms with E-state index in [4.69, 9.17) is 0 Å². The summed E-state index contributed by atoms with van der Waals surface area (Å²) in [6, 6.07) is -0.753. The van der Waals surface area contributed by atoms with Crippen LogP contribution in [0.15, 0.2) is 0 Å². The summed E-state index contributed by atoms with van der Waals surface area (Å²) in [6.45, 7) is 1.56. The molecule has 1 fully saturated rings. The summed E-state index contributed by atoms with van der Waals surface area (Å²) in [5.41, 5.74) is -1.08. The van der Waals surface area contributed by atoms with E-state index in [1.54, 1.807) is 6.92 Å². The monoisotopic (exact) mass is 159 g/mol. The summed E-state index contributed by atoms with van der Waals surface area (Å²) in [7, 11) is 0. The topological polar surface area (TPSA) is 63.4 Å². The molecule has 0 heterocycles. The van der Waals surface area contributed by atoms with Crippen LogP contribution in [0.4, 0.5) is 0 Å². The van der Waals surface area contributed by atoms with Gasteiger partial charge in [-0.2, -0.15) is 0 Å². The molecule has 0 spiro atoms. The second-order valence-corrected chi connectivity index (χ2v) is 3.40. The van der Waals surface area contributed by atoms with Crippen LogP contribution in [0.2, 0.25) is 0 Å². The molecule has 1 aliphatic rings. The molecule has 4 heteroatoms. The standard InChI is InChI=1S/C7H13NO3/c1-7(9)5-3-2-4-6(7)8(10)11/h6,9H,2-5H2,1H3/t6-,7+/m0/s1. The predicted molar refractivity (Wildman–Crippen MR) is 39.9 cm³/mol. The molecule has 1 N–H and O–H groups in total. The van der Waals surface area contributed by atoms with Gasteiger partial charge in [0.05, 0.1) is 0 Å². The van der Waals surface area contributed by atoms with Gasteiger partial charge in [0.25, 0.3) is 0 Å². The fraction of sp³-hybridized carbons (Fsp3) is 1.00. The van der Waals surface area contributed by atoms with E-state index in [0.29, 0.717) is 12.8 Å². The van der Waals surface area contributed by atoms with Crippen molar-refractivity contribution < 1.29 is 10.0 Å². The number of nitro groups is 1. The number of nitrogens with zero attached hydrogens (tertiary/aromatic N) is 1.